The molecule has 1 unspecified atom stereocenters. The first-order valence-corrected chi connectivity index (χ1v) is 4.45. The fraction of sp³-hybridized carbons (Fsp3) is 0.556. The molecule has 0 aliphatic heterocycles. The van der Waals surface area contributed by atoms with Gasteiger partial charge < -0.3 is 38.5 Å². The van der Waals surface area contributed by atoms with Gasteiger partial charge in [0.1, 0.15) is 0 Å². The van der Waals surface area contributed by atoms with Crippen molar-refractivity contribution >= 4 is 7.12 Å². The van der Waals surface area contributed by atoms with Crippen LogP contribution in [0.3, 0.4) is 0 Å². The molecular weight excluding hydrogens is 292 g/mol. The van der Waals surface area contributed by atoms with Crippen molar-refractivity contribution in [2.75, 3.05) is 27.7 Å². The van der Waals surface area contributed by atoms with Gasteiger partial charge in [-0.3, -0.25) is 0 Å². The number of rotatable bonds is 3. The van der Waals surface area contributed by atoms with Crippen LogP contribution in [-0.2, 0) is 0 Å². The summed E-state index contributed by atoms with van der Waals surface area (Å²) >= 11 is 0. The average molecular weight is 309 g/mol. The van der Waals surface area contributed by atoms with Gasteiger partial charge in [-0.2, -0.15) is 0 Å². The highest BCUT2D eigenvalue weighted by Crippen LogP contribution is 2.21. The van der Waals surface area contributed by atoms with E-state index < -0.39 is 7.12 Å². The molecule has 14 heavy (non-hydrogen) atoms. The van der Waals surface area contributed by atoms with Crippen LogP contribution < -0.4 is 24.0 Å². The monoisotopic (exact) mass is 309 g/mol. The van der Waals surface area contributed by atoms with E-state index in [1.807, 2.05) is 12.2 Å². The Morgan fingerprint density at radius 1 is 1.36 bits per heavy atom. The summed E-state index contributed by atoms with van der Waals surface area (Å²) in [5.41, 5.74) is 0.702. The molecule has 0 spiro atoms. The van der Waals surface area contributed by atoms with Gasteiger partial charge in [-0.15, -0.1) is 0 Å². The van der Waals surface area contributed by atoms with Crippen LogP contribution in [0.1, 0.15) is 0 Å². The lowest BCUT2D eigenvalue weighted by Gasteiger charge is -2.27. The second-order valence-electron chi connectivity index (χ2n) is 4.50. The van der Waals surface area contributed by atoms with Crippen LogP contribution in [-0.4, -0.2) is 49.3 Å². The van der Waals surface area contributed by atoms with E-state index in [1.165, 1.54) is 0 Å². The van der Waals surface area contributed by atoms with Crippen LogP contribution in [0.2, 0.25) is 0 Å². The zero-order valence-corrected chi connectivity index (χ0v) is 11.0. The second-order valence-corrected chi connectivity index (χ2v) is 4.50. The highest BCUT2D eigenvalue weighted by Gasteiger charge is 2.28. The molecule has 0 aromatic carbocycles. The lowest BCUT2D eigenvalue weighted by Crippen LogP contribution is -3.00. The molecule has 5 heteroatoms. The third-order valence-corrected chi connectivity index (χ3v) is 2.10. The molecule has 1 aliphatic rings. The minimum atomic E-state index is -1.31. The largest absolute Gasteiger partial charge is 1.00 e. The number of nitrogens with zero attached hydrogens (tertiary/aromatic N) is 1. The second kappa shape index (κ2) is 5.30. The highest BCUT2D eigenvalue weighted by molar-refractivity contribution is 6.51. The van der Waals surface area contributed by atoms with E-state index in [0.717, 1.165) is 11.0 Å². The molecule has 0 saturated heterocycles. The minimum Gasteiger partial charge on any atom is -1.00 e. The first-order chi connectivity index (χ1) is 5.90. The van der Waals surface area contributed by atoms with E-state index in [1.54, 1.807) is 6.08 Å². The maximum atomic E-state index is 9.06. The fourth-order valence-corrected chi connectivity index (χ4v) is 1.57. The summed E-state index contributed by atoms with van der Waals surface area (Å²) in [6, 6.07) is 0. The van der Waals surface area contributed by atoms with Crippen LogP contribution >= 0.6 is 0 Å². The van der Waals surface area contributed by atoms with E-state index in [2.05, 4.69) is 21.1 Å². The van der Waals surface area contributed by atoms with Gasteiger partial charge in [0.15, 0.2) is 0 Å². The Kier molecular flexibility index (Phi) is 5.36. The summed E-state index contributed by atoms with van der Waals surface area (Å²) in [6.45, 7) is 0.889. The molecule has 0 fully saturated rings. The molecule has 0 amide bonds. The molecule has 1 rings (SSSR count). The fourth-order valence-electron chi connectivity index (χ4n) is 1.57. The summed E-state index contributed by atoms with van der Waals surface area (Å²) in [5.74, 6) is 0.167. The van der Waals surface area contributed by atoms with Crippen LogP contribution in [0.15, 0.2) is 23.7 Å². The molecule has 1 atom stereocenters. The summed E-state index contributed by atoms with van der Waals surface area (Å²) in [6.07, 6.45) is 5.68. The number of halogens is 1. The van der Waals surface area contributed by atoms with E-state index in [-0.39, 0.29) is 29.9 Å². The van der Waals surface area contributed by atoms with E-state index in [0.29, 0.717) is 5.47 Å². The van der Waals surface area contributed by atoms with Crippen LogP contribution in [0, 0.1) is 5.92 Å². The first kappa shape index (κ1) is 14.2. The lowest BCUT2D eigenvalue weighted by molar-refractivity contribution is -0.872. The summed E-state index contributed by atoms with van der Waals surface area (Å²) in [7, 11) is 4.96. The zero-order chi connectivity index (χ0) is 10.1. The highest BCUT2D eigenvalue weighted by atomic mass is 127. The van der Waals surface area contributed by atoms with Gasteiger partial charge in [0.25, 0.3) is 0 Å². The first-order valence-electron chi connectivity index (χ1n) is 4.45. The molecule has 0 bridgehead atoms. The molecule has 1 aliphatic carbocycles. The topological polar surface area (TPSA) is 40.5 Å². The van der Waals surface area contributed by atoms with Crippen molar-refractivity contribution in [1.82, 2.24) is 0 Å². The molecule has 80 valence electrons. The molecule has 2 N–H and O–H groups in total. The Hall–Kier alpha value is 0.155. The Morgan fingerprint density at radius 3 is 2.36 bits per heavy atom. The van der Waals surface area contributed by atoms with Crippen molar-refractivity contribution in [2.45, 2.75) is 0 Å². The SMILES string of the molecule is C[N+](C)(C)CC1C=CC=C1B(O)O.[I-]. The van der Waals surface area contributed by atoms with Gasteiger partial charge in [-0.25, -0.2) is 0 Å². The number of hydrogen-bond acceptors (Lipinski definition) is 2. The van der Waals surface area contributed by atoms with Crippen molar-refractivity contribution in [3.8, 4) is 0 Å². The Balaban J connectivity index is 0.00000169. The lowest BCUT2D eigenvalue weighted by atomic mass is 9.73. The van der Waals surface area contributed by atoms with Crippen molar-refractivity contribution in [3.63, 3.8) is 0 Å². The normalized spacial score (nSPS) is 20.4. The predicted octanol–water partition coefficient (Wildman–Crippen LogP) is -3.18. The predicted molar refractivity (Wildman–Crippen MR) is 53.8 cm³/mol. The van der Waals surface area contributed by atoms with Crippen LogP contribution in [0.25, 0.3) is 0 Å². The number of allylic oxidation sites excluding steroid dienone is 2. The Labute approximate surface area is 103 Å². The third-order valence-electron chi connectivity index (χ3n) is 2.10. The maximum absolute atomic E-state index is 9.06. The minimum absolute atomic E-state index is 0. The molecule has 0 saturated carbocycles. The summed E-state index contributed by atoms with van der Waals surface area (Å²) < 4.78 is 0.819. The number of quaternary nitrogens is 1. The Morgan fingerprint density at radius 2 is 1.93 bits per heavy atom. The van der Waals surface area contributed by atoms with E-state index >= 15 is 0 Å². The molecule has 0 aromatic heterocycles. The molecular formula is C9H17BINO2. The van der Waals surface area contributed by atoms with E-state index in [9.17, 15) is 0 Å². The van der Waals surface area contributed by atoms with Crippen molar-refractivity contribution in [2.24, 2.45) is 5.92 Å². The van der Waals surface area contributed by atoms with Gasteiger partial charge in [-0.1, -0.05) is 18.2 Å². The average Bonchev–Trinajstić information content (AvgIpc) is 2.31. The summed E-state index contributed by atoms with van der Waals surface area (Å²) in [5, 5.41) is 18.1. The third kappa shape index (κ3) is 4.12. The Bertz CT molecular complexity index is 246. The van der Waals surface area contributed by atoms with Crippen molar-refractivity contribution < 1.29 is 38.5 Å². The van der Waals surface area contributed by atoms with E-state index in [4.69, 9.17) is 10.0 Å². The van der Waals surface area contributed by atoms with Crippen molar-refractivity contribution in [1.29, 1.82) is 0 Å². The van der Waals surface area contributed by atoms with Crippen LogP contribution in [0.5, 0.6) is 0 Å². The van der Waals surface area contributed by atoms with Gasteiger partial charge in [0.2, 0.25) is 0 Å². The number of hydrogen-bond donors (Lipinski definition) is 2. The molecule has 0 heterocycles. The van der Waals surface area contributed by atoms with Crippen molar-refractivity contribution in [3.05, 3.63) is 23.7 Å². The summed E-state index contributed by atoms with van der Waals surface area (Å²) in [4.78, 5) is 0. The van der Waals surface area contributed by atoms with Gasteiger partial charge >= 0.3 is 7.12 Å². The smallest absolute Gasteiger partial charge is 0.484 e. The quantitative estimate of drug-likeness (QED) is 0.328. The maximum Gasteiger partial charge on any atom is 0.484 e. The van der Waals surface area contributed by atoms with Crippen LogP contribution in [0.4, 0.5) is 0 Å². The molecule has 0 aromatic rings. The van der Waals surface area contributed by atoms with Gasteiger partial charge in [-0.05, 0) is 5.47 Å². The molecule has 0 radical (unpaired) electrons. The zero-order valence-electron chi connectivity index (χ0n) is 8.81. The molecule has 3 nitrogen and oxygen atoms in total. The standard InChI is InChI=1S/C9H17BNO2.HI/c1-11(2,3)7-8-5-4-6-9(8)10(12)13;/h4-6,8,12-13H,7H2,1-3H3;1H/q+1;/p-1. The van der Waals surface area contributed by atoms with Gasteiger partial charge in [0.05, 0.1) is 27.7 Å². The van der Waals surface area contributed by atoms with Gasteiger partial charge in [0, 0.05) is 5.92 Å².